The number of sulfonamides is 1. The van der Waals surface area contributed by atoms with Gasteiger partial charge in [-0.15, -0.1) is 0 Å². The Kier molecular flexibility index (Phi) is 4.27. The molecule has 0 unspecified atom stereocenters. The topological polar surface area (TPSA) is 72.2 Å². The molecule has 21 heavy (non-hydrogen) atoms. The van der Waals surface area contributed by atoms with Gasteiger partial charge in [0.15, 0.2) is 5.82 Å². The molecule has 0 atom stereocenters. The van der Waals surface area contributed by atoms with Crippen LogP contribution in [-0.2, 0) is 10.0 Å². The van der Waals surface area contributed by atoms with E-state index in [4.69, 9.17) is 28.9 Å². The van der Waals surface area contributed by atoms with E-state index in [0.717, 1.165) is 30.3 Å². The summed E-state index contributed by atoms with van der Waals surface area (Å²) < 4.78 is 52.8. The summed E-state index contributed by atoms with van der Waals surface area (Å²) in [7, 11) is -4.17. The Labute approximate surface area is 129 Å². The smallest absolute Gasteiger partial charge is 0.264 e. The van der Waals surface area contributed by atoms with Crippen molar-refractivity contribution in [3.05, 3.63) is 52.0 Å². The lowest BCUT2D eigenvalue weighted by molar-refractivity contribution is 0.596. The van der Waals surface area contributed by atoms with E-state index in [2.05, 4.69) is 4.72 Å². The highest BCUT2D eigenvalue weighted by molar-refractivity contribution is 7.92. The van der Waals surface area contributed by atoms with Gasteiger partial charge in [0.1, 0.15) is 10.7 Å². The fourth-order valence-corrected chi connectivity index (χ4v) is 3.24. The molecule has 9 heteroatoms. The quantitative estimate of drug-likeness (QED) is 0.654. The molecule has 0 aliphatic rings. The van der Waals surface area contributed by atoms with Gasteiger partial charge < -0.3 is 5.73 Å². The van der Waals surface area contributed by atoms with Gasteiger partial charge in [-0.05, 0) is 30.3 Å². The normalized spacial score (nSPS) is 11.4. The van der Waals surface area contributed by atoms with Crippen LogP contribution in [0.5, 0.6) is 0 Å². The van der Waals surface area contributed by atoms with Crippen LogP contribution >= 0.6 is 23.2 Å². The minimum Gasteiger partial charge on any atom is -0.398 e. The van der Waals surface area contributed by atoms with E-state index in [1.54, 1.807) is 0 Å². The molecule has 0 bridgehead atoms. The summed E-state index contributed by atoms with van der Waals surface area (Å²) in [5.41, 5.74) is 5.31. The molecular formula is C12H8Cl2F2N2O2S. The maximum absolute atomic E-state index is 13.3. The number of hydrogen-bond donors (Lipinski definition) is 2. The standard InChI is InChI=1S/C12H8Cl2F2N2O2S/c13-8-4-7(5-9(14)12(8)16)18-21(19,20)11-3-6(15)1-2-10(11)17/h1-5,18H,17H2. The molecule has 0 saturated heterocycles. The third-order valence-corrected chi connectivity index (χ3v) is 4.49. The first-order chi connectivity index (χ1) is 9.70. The lowest BCUT2D eigenvalue weighted by Crippen LogP contribution is -2.15. The highest BCUT2D eigenvalue weighted by Crippen LogP contribution is 2.29. The summed E-state index contributed by atoms with van der Waals surface area (Å²) in [5.74, 6) is -1.63. The van der Waals surface area contributed by atoms with Gasteiger partial charge in [0.2, 0.25) is 0 Å². The molecular weight excluding hydrogens is 345 g/mol. The van der Waals surface area contributed by atoms with Crippen molar-refractivity contribution in [3.8, 4) is 0 Å². The van der Waals surface area contributed by atoms with Crippen molar-refractivity contribution in [1.82, 2.24) is 0 Å². The van der Waals surface area contributed by atoms with Gasteiger partial charge in [-0.25, -0.2) is 17.2 Å². The number of nitrogen functional groups attached to an aromatic ring is 1. The van der Waals surface area contributed by atoms with Crippen LogP contribution in [0.25, 0.3) is 0 Å². The lowest BCUT2D eigenvalue weighted by Gasteiger charge is -2.11. The van der Waals surface area contributed by atoms with Crippen LogP contribution < -0.4 is 10.5 Å². The average molecular weight is 353 g/mol. The molecule has 0 amide bonds. The summed E-state index contributed by atoms with van der Waals surface area (Å²) >= 11 is 11.1. The first-order valence-electron chi connectivity index (χ1n) is 5.43. The maximum atomic E-state index is 13.3. The summed E-state index contributed by atoms with van der Waals surface area (Å²) in [6.07, 6.45) is 0. The molecule has 2 aromatic carbocycles. The summed E-state index contributed by atoms with van der Waals surface area (Å²) in [6.45, 7) is 0. The number of nitrogens with one attached hydrogen (secondary N) is 1. The number of nitrogens with two attached hydrogens (primary N) is 1. The van der Waals surface area contributed by atoms with E-state index in [0.29, 0.717) is 0 Å². The van der Waals surface area contributed by atoms with Crippen molar-refractivity contribution in [2.75, 3.05) is 10.5 Å². The predicted octanol–water partition coefficient (Wildman–Crippen LogP) is 3.65. The molecule has 4 nitrogen and oxygen atoms in total. The Hall–Kier alpha value is -1.57. The van der Waals surface area contributed by atoms with Crippen LogP contribution in [0.4, 0.5) is 20.2 Å². The zero-order valence-corrected chi connectivity index (χ0v) is 12.5. The number of benzene rings is 2. The van der Waals surface area contributed by atoms with Gasteiger partial charge in [-0.3, -0.25) is 4.72 Å². The van der Waals surface area contributed by atoms with Crippen molar-refractivity contribution >= 4 is 44.6 Å². The Bertz CT molecular complexity index is 790. The summed E-state index contributed by atoms with van der Waals surface area (Å²) in [4.78, 5) is -0.445. The van der Waals surface area contributed by atoms with Crippen molar-refractivity contribution in [3.63, 3.8) is 0 Å². The largest absolute Gasteiger partial charge is 0.398 e. The van der Waals surface area contributed by atoms with E-state index < -0.39 is 26.6 Å². The van der Waals surface area contributed by atoms with Crippen LogP contribution in [0.2, 0.25) is 10.0 Å². The third-order valence-electron chi connectivity index (χ3n) is 2.50. The molecule has 0 radical (unpaired) electrons. The SMILES string of the molecule is Nc1ccc(F)cc1S(=O)(=O)Nc1cc(Cl)c(F)c(Cl)c1. The zero-order valence-electron chi connectivity index (χ0n) is 10.2. The second-order valence-corrected chi connectivity index (χ2v) is 6.51. The van der Waals surface area contributed by atoms with Crippen molar-refractivity contribution in [2.45, 2.75) is 4.90 Å². The third kappa shape index (κ3) is 3.37. The van der Waals surface area contributed by atoms with Gasteiger partial charge in [-0.2, -0.15) is 0 Å². The molecule has 0 aromatic heterocycles. The second kappa shape index (κ2) is 5.67. The van der Waals surface area contributed by atoms with Gasteiger partial charge in [-0.1, -0.05) is 23.2 Å². The molecule has 0 aliphatic heterocycles. The minimum absolute atomic E-state index is 0.0740. The molecule has 0 fully saturated rings. The fraction of sp³-hybridized carbons (Fsp3) is 0. The fourth-order valence-electron chi connectivity index (χ4n) is 1.57. The molecule has 0 heterocycles. The summed E-state index contributed by atoms with van der Waals surface area (Å²) in [5, 5.41) is -0.708. The van der Waals surface area contributed by atoms with E-state index in [9.17, 15) is 17.2 Å². The van der Waals surface area contributed by atoms with E-state index >= 15 is 0 Å². The predicted molar refractivity (Wildman–Crippen MR) is 78.0 cm³/mol. The van der Waals surface area contributed by atoms with E-state index in [1.807, 2.05) is 0 Å². The van der Waals surface area contributed by atoms with Crippen molar-refractivity contribution < 1.29 is 17.2 Å². The monoisotopic (exact) mass is 352 g/mol. The van der Waals surface area contributed by atoms with Crippen molar-refractivity contribution in [1.29, 1.82) is 0 Å². The number of rotatable bonds is 3. The van der Waals surface area contributed by atoms with E-state index in [-0.39, 0.29) is 21.4 Å². The molecule has 0 aliphatic carbocycles. The number of halogens is 4. The van der Waals surface area contributed by atoms with Crippen molar-refractivity contribution in [2.24, 2.45) is 0 Å². The zero-order chi connectivity index (χ0) is 15.8. The number of hydrogen-bond acceptors (Lipinski definition) is 3. The van der Waals surface area contributed by atoms with Gasteiger partial charge in [0, 0.05) is 0 Å². The molecule has 0 saturated carbocycles. The molecule has 2 rings (SSSR count). The highest BCUT2D eigenvalue weighted by atomic mass is 35.5. The molecule has 3 N–H and O–H groups in total. The Morgan fingerprint density at radius 1 is 1.05 bits per heavy atom. The van der Waals surface area contributed by atoms with E-state index in [1.165, 1.54) is 0 Å². The van der Waals surface area contributed by atoms with Crippen LogP contribution in [0.3, 0.4) is 0 Å². The lowest BCUT2D eigenvalue weighted by atomic mass is 10.3. The van der Waals surface area contributed by atoms with Crippen LogP contribution in [0.15, 0.2) is 35.2 Å². The summed E-state index contributed by atoms with van der Waals surface area (Å²) in [6, 6.07) is 4.99. The first-order valence-corrected chi connectivity index (χ1v) is 7.67. The minimum atomic E-state index is -4.17. The highest BCUT2D eigenvalue weighted by Gasteiger charge is 2.19. The molecule has 112 valence electrons. The van der Waals surface area contributed by atoms with Crippen LogP contribution in [0, 0.1) is 11.6 Å². The van der Waals surface area contributed by atoms with Crippen LogP contribution in [0.1, 0.15) is 0 Å². The Morgan fingerprint density at radius 3 is 2.19 bits per heavy atom. The van der Waals surface area contributed by atoms with Gasteiger partial charge >= 0.3 is 0 Å². The number of anilines is 2. The molecule has 2 aromatic rings. The Morgan fingerprint density at radius 2 is 1.62 bits per heavy atom. The second-order valence-electron chi connectivity index (χ2n) is 4.04. The van der Waals surface area contributed by atoms with Gasteiger partial charge in [0.25, 0.3) is 10.0 Å². The first kappa shape index (κ1) is 15.8. The van der Waals surface area contributed by atoms with Gasteiger partial charge in [0.05, 0.1) is 21.4 Å². The van der Waals surface area contributed by atoms with Crippen LogP contribution in [-0.4, -0.2) is 8.42 Å². The average Bonchev–Trinajstić information content (AvgIpc) is 2.38. The maximum Gasteiger partial charge on any atom is 0.264 e. The molecule has 0 spiro atoms. The Balaban J connectivity index is 2.45.